The number of ether oxygens (including phenoxy) is 3. The summed E-state index contributed by atoms with van der Waals surface area (Å²) >= 11 is 0. The molecule has 1 atom stereocenters. The van der Waals surface area contributed by atoms with Gasteiger partial charge in [-0.3, -0.25) is 9.69 Å². The minimum Gasteiger partial charge on any atom is -0.468 e. The molecule has 1 unspecified atom stereocenters. The number of hydrogen-bond acceptors (Lipinski definition) is 5. The van der Waals surface area contributed by atoms with Gasteiger partial charge >= 0.3 is 5.97 Å². The molecule has 0 aromatic heterocycles. The molecule has 0 aromatic carbocycles. The average Bonchev–Trinajstić information content (AvgIpc) is 2.40. The van der Waals surface area contributed by atoms with Gasteiger partial charge in [-0.1, -0.05) is 6.92 Å². The van der Waals surface area contributed by atoms with Crippen LogP contribution < -0.4 is 0 Å². The Balaban J connectivity index is 2.17. The minimum absolute atomic E-state index is 0.0552. The highest BCUT2D eigenvalue weighted by molar-refractivity contribution is 5.71. The molecular formula is C13H25NO4. The summed E-state index contributed by atoms with van der Waals surface area (Å²) in [5, 5.41) is 0. The van der Waals surface area contributed by atoms with Crippen LogP contribution in [-0.2, 0) is 19.0 Å². The fourth-order valence-corrected chi connectivity index (χ4v) is 1.99. The maximum absolute atomic E-state index is 11.2. The van der Waals surface area contributed by atoms with Crippen molar-refractivity contribution in [1.29, 1.82) is 0 Å². The average molecular weight is 259 g/mol. The van der Waals surface area contributed by atoms with Crippen LogP contribution in [0.3, 0.4) is 0 Å². The third-order valence-electron chi connectivity index (χ3n) is 2.97. The van der Waals surface area contributed by atoms with E-state index in [0.717, 1.165) is 39.0 Å². The third kappa shape index (κ3) is 6.33. The molecule has 0 saturated carbocycles. The third-order valence-corrected chi connectivity index (χ3v) is 2.97. The van der Waals surface area contributed by atoms with Crippen LogP contribution >= 0.6 is 0 Å². The lowest BCUT2D eigenvalue weighted by atomic mass is 10.2. The molecule has 1 fully saturated rings. The van der Waals surface area contributed by atoms with Gasteiger partial charge in [0.05, 0.1) is 20.3 Å². The van der Waals surface area contributed by atoms with E-state index in [1.165, 1.54) is 13.5 Å². The molecule has 0 aliphatic carbocycles. The first-order chi connectivity index (χ1) is 8.76. The van der Waals surface area contributed by atoms with E-state index in [0.29, 0.717) is 13.2 Å². The number of methoxy groups -OCH3 is 1. The number of carbonyl (C=O) groups is 1. The van der Waals surface area contributed by atoms with Gasteiger partial charge in [0.2, 0.25) is 0 Å². The molecule has 1 aliphatic heterocycles. The lowest BCUT2D eigenvalue weighted by Crippen LogP contribution is -2.35. The maximum Gasteiger partial charge on any atom is 0.319 e. The zero-order valence-corrected chi connectivity index (χ0v) is 11.5. The van der Waals surface area contributed by atoms with Gasteiger partial charge in [-0.25, -0.2) is 0 Å². The first kappa shape index (κ1) is 15.4. The van der Waals surface area contributed by atoms with Crippen LogP contribution in [0.5, 0.6) is 0 Å². The van der Waals surface area contributed by atoms with Crippen molar-refractivity contribution in [2.75, 3.05) is 40.0 Å². The van der Waals surface area contributed by atoms with E-state index in [1.807, 2.05) is 0 Å². The first-order valence-electron chi connectivity index (χ1n) is 6.78. The summed E-state index contributed by atoms with van der Waals surface area (Å²) in [6.45, 7) is 5.44. The number of esters is 1. The van der Waals surface area contributed by atoms with Gasteiger partial charge in [0, 0.05) is 13.2 Å². The van der Waals surface area contributed by atoms with Crippen molar-refractivity contribution in [3.05, 3.63) is 0 Å². The Hall–Kier alpha value is -0.650. The fourth-order valence-electron chi connectivity index (χ4n) is 1.99. The number of hydrogen-bond donors (Lipinski definition) is 0. The van der Waals surface area contributed by atoms with Crippen LogP contribution in [0.25, 0.3) is 0 Å². The summed E-state index contributed by atoms with van der Waals surface area (Å²) in [6, 6.07) is 0. The van der Waals surface area contributed by atoms with E-state index in [-0.39, 0.29) is 12.3 Å². The molecule has 106 valence electrons. The molecule has 1 rings (SSSR count). The Labute approximate surface area is 109 Å². The molecule has 18 heavy (non-hydrogen) atoms. The summed E-state index contributed by atoms with van der Waals surface area (Å²) in [4.78, 5) is 13.3. The summed E-state index contributed by atoms with van der Waals surface area (Å²) in [5.41, 5.74) is 0. The number of nitrogens with zero attached hydrogens (tertiary/aromatic N) is 1. The molecule has 5 nitrogen and oxygen atoms in total. The molecule has 0 N–H and O–H groups in total. The summed E-state index contributed by atoms with van der Waals surface area (Å²) < 4.78 is 15.8. The topological polar surface area (TPSA) is 48.0 Å². The zero-order valence-electron chi connectivity index (χ0n) is 11.5. The van der Waals surface area contributed by atoms with E-state index < -0.39 is 0 Å². The van der Waals surface area contributed by atoms with Gasteiger partial charge in [0.15, 0.2) is 6.29 Å². The Morgan fingerprint density at radius 1 is 1.39 bits per heavy atom. The molecule has 1 saturated heterocycles. The smallest absolute Gasteiger partial charge is 0.319 e. The standard InChI is InChI=1S/C13H25NO4/c1-3-7-14(11-12(15)16-2)8-10-18-13-6-4-5-9-17-13/h13H,3-11H2,1-2H3. The highest BCUT2D eigenvalue weighted by Crippen LogP contribution is 2.13. The van der Waals surface area contributed by atoms with Crippen molar-refractivity contribution in [1.82, 2.24) is 4.90 Å². The van der Waals surface area contributed by atoms with Crippen molar-refractivity contribution in [2.45, 2.75) is 38.9 Å². The molecule has 0 spiro atoms. The van der Waals surface area contributed by atoms with Crippen molar-refractivity contribution in [3.8, 4) is 0 Å². The van der Waals surface area contributed by atoms with Crippen LogP contribution in [-0.4, -0.2) is 57.1 Å². The second-order valence-electron chi connectivity index (χ2n) is 4.52. The summed E-state index contributed by atoms with van der Waals surface area (Å²) in [7, 11) is 1.42. The predicted molar refractivity (Wildman–Crippen MR) is 68.3 cm³/mol. The van der Waals surface area contributed by atoms with Gasteiger partial charge in [-0.15, -0.1) is 0 Å². The Morgan fingerprint density at radius 2 is 2.22 bits per heavy atom. The van der Waals surface area contributed by atoms with E-state index >= 15 is 0 Å². The molecule has 0 aromatic rings. The SMILES string of the molecule is CCCN(CCOC1CCCCO1)CC(=O)OC. The molecule has 0 radical (unpaired) electrons. The Morgan fingerprint density at radius 3 is 2.83 bits per heavy atom. The monoisotopic (exact) mass is 259 g/mol. The van der Waals surface area contributed by atoms with Gasteiger partial charge in [-0.05, 0) is 32.2 Å². The van der Waals surface area contributed by atoms with Crippen LogP contribution in [0.2, 0.25) is 0 Å². The van der Waals surface area contributed by atoms with Crippen LogP contribution in [0.1, 0.15) is 32.6 Å². The van der Waals surface area contributed by atoms with Gasteiger partial charge in [0.25, 0.3) is 0 Å². The van der Waals surface area contributed by atoms with Crippen molar-refractivity contribution >= 4 is 5.97 Å². The first-order valence-corrected chi connectivity index (χ1v) is 6.78. The lowest BCUT2D eigenvalue weighted by molar-refractivity contribution is -0.165. The van der Waals surface area contributed by atoms with Gasteiger partial charge < -0.3 is 14.2 Å². The molecular weight excluding hydrogens is 234 g/mol. The van der Waals surface area contributed by atoms with E-state index in [1.54, 1.807) is 0 Å². The fraction of sp³-hybridized carbons (Fsp3) is 0.923. The minimum atomic E-state index is -0.197. The molecule has 5 heteroatoms. The largest absolute Gasteiger partial charge is 0.468 e. The van der Waals surface area contributed by atoms with E-state index in [9.17, 15) is 4.79 Å². The predicted octanol–water partition coefficient (Wildman–Crippen LogP) is 1.41. The quantitative estimate of drug-likeness (QED) is 0.617. The van der Waals surface area contributed by atoms with Crippen LogP contribution in [0, 0.1) is 0 Å². The van der Waals surface area contributed by atoms with Crippen molar-refractivity contribution in [3.63, 3.8) is 0 Å². The summed E-state index contributed by atoms with van der Waals surface area (Å²) in [5.74, 6) is -0.197. The zero-order chi connectivity index (χ0) is 13.2. The lowest BCUT2D eigenvalue weighted by Gasteiger charge is -2.25. The second-order valence-corrected chi connectivity index (χ2v) is 4.52. The Kier molecular flexibility index (Phi) is 7.96. The Bertz CT molecular complexity index is 229. The van der Waals surface area contributed by atoms with Gasteiger partial charge in [0.1, 0.15) is 0 Å². The number of carbonyl (C=O) groups excluding carboxylic acids is 1. The highest BCUT2D eigenvalue weighted by Gasteiger charge is 2.15. The molecule has 1 aliphatic rings. The summed E-state index contributed by atoms with van der Waals surface area (Å²) in [6.07, 6.45) is 4.23. The maximum atomic E-state index is 11.2. The van der Waals surface area contributed by atoms with Crippen LogP contribution in [0.15, 0.2) is 0 Å². The molecule has 0 bridgehead atoms. The van der Waals surface area contributed by atoms with E-state index in [2.05, 4.69) is 16.6 Å². The molecule has 1 heterocycles. The number of rotatable bonds is 8. The van der Waals surface area contributed by atoms with Crippen LogP contribution in [0.4, 0.5) is 0 Å². The van der Waals surface area contributed by atoms with E-state index in [4.69, 9.17) is 9.47 Å². The van der Waals surface area contributed by atoms with Gasteiger partial charge in [-0.2, -0.15) is 0 Å². The molecule has 0 amide bonds. The van der Waals surface area contributed by atoms with Crippen molar-refractivity contribution in [2.24, 2.45) is 0 Å². The second kappa shape index (κ2) is 9.30. The highest BCUT2D eigenvalue weighted by atomic mass is 16.7. The van der Waals surface area contributed by atoms with Crippen molar-refractivity contribution < 1.29 is 19.0 Å². The normalized spacial score (nSPS) is 20.1.